The van der Waals surface area contributed by atoms with Crippen LogP contribution in [0.4, 0.5) is 5.82 Å². The number of rotatable bonds is 5. The van der Waals surface area contributed by atoms with Crippen LogP contribution in [0.5, 0.6) is 0 Å². The van der Waals surface area contributed by atoms with E-state index in [9.17, 15) is 4.79 Å². The van der Waals surface area contributed by atoms with Crippen LogP contribution in [0.1, 0.15) is 37.9 Å². The molecule has 2 rings (SSSR count). The van der Waals surface area contributed by atoms with E-state index in [-0.39, 0.29) is 5.97 Å². The van der Waals surface area contributed by atoms with E-state index in [4.69, 9.17) is 4.74 Å². The van der Waals surface area contributed by atoms with Gasteiger partial charge in [0.15, 0.2) is 6.04 Å². The second-order valence-corrected chi connectivity index (χ2v) is 9.17. The molecule has 1 N–H and O–H groups in total. The van der Waals surface area contributed by atoms with Crippen molar-refractivity contribution in [2.45, 2.75) is 32.4 Å². The van der Waals surface area contributed by atoms with Gasteiger partial charge in [-0.3, -0.25) is 0 Å². The molecule has 0 bridgehead atoms. The van der Waals surface area contributed by atoms with Crippen molar-refractivity contribution >= 4 is 49.7 Å². The molecule has 132 valence electrons. The van der Waals surface area contributed by atoms with Gasteiger partial charge in [-0.15, -0.1) is 0 Å². The molecule has 4 nitrogen and oxygen atoms in total. The number of anilines is 1. The second kappa shape index (κ2) is 8.63. The number of halogens is 2. The highest BCUT2D eigenvalue weighted by Gasteiger charge is 2.27. The number of esters is 1. The van der Waals surface area contributed by atoms with E-state index >= 15 is 0 Å². The molecule has 0 saturated carbocycles. The molecule has 0 fully saturated rings. The van der Waals surface area contributed by atoms with E-state index in [0.29, 0.717) is 5.82 Å². The summed E-state index contributed by atoms with van der Waals surface area (Å²) in [7, 11) is 0. The average molecular weight is 468 g/mol. The lowest BCUT2D eigenvalue weighted by Crippen LogP contribution is -2.31. The highest BCUT2D eigenvalue weighted by atomic mass is 79.9. The maximum atomic E-state index is 12.8. The van der Waals surface area contributed by atoms with Crippen molar-refractivity contribution < 1.29 is 9.53 Å². The van der Waals surface area contributed by atoms with Gasteiger partial charge in [0.25, 0.3) is 0 Å². The minimum atomic E-state index is -0.656. The Labute approximate surface area is 164 Å². The lowest BCUT2D eigenvalue weighted by Gasteiger charge is -2.25. The Kier molecular flexibility index (Phi) is 6.79. The van der Waals surface area contributed by atoms with Gasteiger partial charge >= 0.3 is 5.97 Å². The summed E-state index contributed by atoms with van der Waals surface area (Å²) in [4.78, 5) is 17.1. The van der Waals surface area contributed by atoms with Gasteiger partial charge < -0.3 is 10.1 Å². The summed E-state index contributed by atoms with van der Waals surface area (Å²) >= 11 is 6.71. The SMILES string of the molecule is CC(C)(C)OC(=O)C(Nc1ncccc1C=C(Br)Br)c1ccccc1. The van der Waals surface area contributed by atoms with E-state index in [1.54, 1.807) is 6.20 Å². The minimum absolute atomic E-state index is 0.350. The van der Waals surface area contributed by atoms with Crippen LogP contribution >= 0.6 is 31.9 Å². The molecule has 0 aliphatic heterocycles. The molecule has 1 heterocycles. The van der Waals surface area contributed by atoms with Crippen LogP contribution in [0, 0.1) is 0 Å². The summed E-state index contributed by atoms with van der Waals surface area (Å²) in [6.45, 7) is 5.55. The van der Waals surface area contributed by atoms with Crippen LogP contribution in [0.2, 0.25) is 0 Å². The summed E-state index contributed by atoms with van der Waals surface area (Å²) in [6, 6.07) is 12.6. The Bertz CT molecular complexity index is 752. The van der Waals surface area contributed by atoms with Crippen molar-refractivity contribution in [1.29, 1.82) is 0 Å². The van der Waals surface area contributed by atoms with Gasteiger partial charge in [0.2, 0.25) is 0 Å². The molecule has 0 aliphatic rings. The molecule has 0 aliphatic carbocycles. The van der Waals surface area contributed by atoms with Crippen molar-refractivity contribution in [3.8, 4) is 0 Å². The number of hydrogen-bond acceptors (Lipinski definition) is 4. The van der Waals surface area contributed by atoms with E-state index in [1.165, 1.54) is 0 Å². The fourth-order valence-electron chi connectivity index (χ4n) is 2.19. The first-order valence-electron chi connectivity index (χ1n) is 7.78. The Balaban J connectivity index is 2.38. The van der Waals surface area contributed by atoms with Crippen molar-refractivity contribution in [3.63, 3.8) is 0 Å². The number of nitrogens with one attached hydrogen (secondary N) is 1. The molecule has 2 aromatic rings. The highest BCUT2D eigenvalue weighted by Crippen LogP contribution is 2.27. The molecular weight excluding hydrogens is 448 g/mol. The van der Waals surface area contributed by atoms with Gasteiger partial charge in [0, 0.05) is 11.8 Å². The normalized spacial score (nSPS) is 12.2. The molecule has 0 amide bonds. The Morgan fingerprint density at radius 2 is 1.84 bits per heavy atom. The number of benzene rings is 1. The third kappa shape index (κ3) is 6.29. The maximum absolute atomic E-state index is 12.8. The maximum Gasteiger partial charge on any atom is 0.333 e. The average Bonchev–Trinajstić information content (AvgIpc) is 2.52. The van der Waals surface area contributed by atoms with Crippen molar-refractivity contribution in [2.75, 3.05) is 5.32 Å². The van der Waals surface area contributed by atoms with Gasteiger partial charge in [0.1, 0.15) is 11.4 Å². The quantitative estimate of drug-likeness (QED) is 0.576. The molecule has 1 aromatic carbocycles. The second-order valence-electron chi connectivity index (χ2n) is 6.40. The molecule has 25 heavy (non-hydrogen) atoms. The van der Waals surface area contributed by atoms with E-state index in [2.05, 4.69) is 42.2 Å². The zero-order valence-corrected chi connectivity index (χ0v) is 17.5. The van der Waals surface area contributed by atoms with Gasteiger partial charge in [-0.2, -0.15) is 0 Å². The summed E-state index contributed by atoms with van der Waals surface area (Å²) in [5.41, 5.74) is 1.09. The first-order valence-corrected chi connectivity index (χ1v) is 9.37. The summed E-state index contributed by atoms with van der Waals surface area (Å²) in [6.07, 6.45) is 3.55. The minimum Gasteiger partial charge on any atom is -0.458 e. The molecule has 1 atom stereocenters. The van der Waals surface area contributed by atoms with Crippen LogP contribution in [-0.2, 0) is 9.53 Å². The van der Waals surface area contributed by atoms with E-state index in [0.717, 1.165) is 14.5 Å². The molecule has 6 heteroatoms. The van der Waals surface area contributed by atoms with Crippen LogP contribution in [0.3, 0.4) is 0 Å². The summed E-state index contributed by atoms with van der Waals surface area (Å²) in [5.74, 6) is 0.246. The number of carbonyl (C=O) groups excluding carboxylic acids is 1. The number of pyridine rings is 1. The fraction of sp³-hybridized carbons (Fsp3) is 0.263. The van der Waals surface area contributed by atoms with E-state index < -0.39 is 11.6 Å². The molecule has 1 unspecified atom stereocenters. The molecular formula is C19H20Br2N2O2. The standard InChI is InChI=1S/C19H20Br2N2O2/c1-19(2,3)25-18(24)16(13-8-5-4-6-9-13)23-17-14(12-15(20)21)10-7-11-22-17/h4-12,16H,1-3H3,(H,22,23). The largest absolute Gasteiger partial charge is 0.458 e. The first-order chi connectivity index (χ1) is 11.8. The predicted octanol–water partition coefficient (Wildman–Crippen LogP) is 5.66. The lowest BCUT2D eigenvalue weighted by molar-refractivity contribution is -0.156. The van der Waals surface area contributed by atoms with E-state index in [1.807, 2.05) is 69.3 Å². The van der Waals surface area contributed by atoms with Crippen LogP contribution in [0.15, 0.2) is 52.1 Å². The third-order valence-electron chi connectivity index (χ3n) is 3.16. The molecule has 1 aromatic heterocycles. The van der Waals surface area contributed by atoms with Crippen LogP contribution in [0.25, 0.3) is 6.08 Å². The molecule has 0 spiro atoms. The van der Waals surface area contributed by atoms with Crippen LogP contribution in [-0.4, -0.2) is 16.6 Å². The van der Waals surface area contributed by atoms with Crippen LogP contribution < -0.4 is 5.32 Å². The number of nitrogens with zero attached hydrogens (tertiary/aromatic N) is 1. The smallest absolute Gasteiger partial charge is 0.333 e. The topological polar surface area (TPSA) is 51.2 Å². The van der Waals surface area contributed by atoms with Gasteiger partial charge in [0.05, 0.1) is 3.39 Å². The molecule has 0 radical (unpaired) electrons. The lowest BCUT2D eigenvalue weighted by atomic mass is 10.1. The van der Waals surface area contributed by atoms with Gasteiger partial charge in [-0.05, 0) is 76.4 Å². The zero-order valence-electron chi connectivity index (χ0n) is 14.3. The van der Waals surface area contributed by atoms with Crippen molar-refractivity contribution in [2.24, 2.45) is 0 Å². The Morgan fingerprint density at radius 1 is 1.16 bits per heavy atom. The van der Waals surface area contributed by atoms with Gasteiger partial charge in [-0.25, -0.2) is 9.78 Å². The fourth-order valence-corrected chi connectivity index (χ4v) is 2.69. The predicted molar refractivity (Wildman–Crippen MR) is 109 cm³/mol. The Hall–Kier alpha value is -1.66. The van der Waals surface area contributed by atoms with Gasteiger partial charge in [-0.1, -0.05) is 30.3 Å². The first kappa shape index (κ1) is 19.7. The number of aromatic nitrogens is 1. The van der Waals surface area contributed by atoms with Crippen molar-refractivity contribution in [1.82, 2.24) is 4.98 Å². The highest BCUT2D eigenvalue weighted by molar-refractivity contribution is 9.28. The third-order valence-corrected chi connectivity index (χ3v) is 3.62. The zero-order chi connectivity index (χ0) is 18.4. The number of hydrogen-bond donors (Lipinski definition) is 1. The number of ether oxygens (including phenoxy) is 1. The number of carbonyl (C=O) groups is 1. The Morgan fingerprint density at radius 3 is 2.44 bits per heavy atom. The molecule has 0 saturated heterocycles. The summed E-state index contributed by atoms with van der Waals surface area (Å²) < 4.78 is 6.37. The monoisotopic (exact) mass is 466 g/mol. The van der Waals surface area contributed by atoms with Crippen molar-refractivity contribution in [3.05, 3.63) is 63.2 Å². The summed E-state index contributed by atoms with van der Waals surface area (Å²) in [5, 5.41) is 3.22.